The Bertz CT molecular complexity index is 386. The predicted octanol–water partition coefficient (Wildman–Crippen LogP) is 0.928. The van der Waals surface area contributed by atoms with Crippen molar-refractivity contribution in [2.75, 3.05) is 19.8 Å². The van der Waals surface area contributed by atoms with Gasteiger partial charge in [-0.15, -0.1) is 0 Å². The second kappa shape index (κ2) is 9.66. The molecule has 8 nitrogen and oxygen atoms in total. The van der Waals surface area contributed by atoms with E-state index in [-0.39, 0.29) is 31.8 Å². The molecule has 0 aromatic heterocycles. The minimum atomic E-state index is -4.44. The lowest BCUT2D eigenvalue weighted by molar-refractivity contribution is -0.150. The minimum Gasteiger partial charge on any atom is -0.462 e. The number of carbonyl (C=O) groups is 2. The fourth-order valence-corrected chi connectivity index (χ4v) is 1.41. The molecule has 0 unspecified atom stereocenters. The summed E-state index contributed by atoms with van der Waals surface area (Å²) in [6.07, 6.45) is 0.800. The Labute approximate surface area is 117 Å². The van der Waals surface area contributed by atoms with Crippen molar-refractivity contribution in [2.45, 2.75) is 26.2 Å². The molecule has 0 heterocycles. The molecule has 2 N–H and O–H groups in total. The van der Waals surface area contributed by atoms with Crippen molar-refractivity contribution in [2.24, 2.45) is 0 Å². The van der Waals surface area contributed by atoms with Crippen LogP contribution in [0.1, 0.15) is 26.2 Å². The average Bonchev–Trinajstić information content (AvgIpc) is 2.32. The molecule has 0 aromatic rings. The molecule has 116 valence electrons. The van der Waals surface area contributed by atoms with E-state index in [0.29, 0.717) is 12.8 Å². The number of carbonyl (C=O) groups excluding carboxylic acids is 2. The highest BCUT2D eigenvalue weighted by atomic mass is 31.2. The second-order valence-corrected chi connectivity index (χ2v) is 5.16. The molecule has 0 aromatic carbocycles. The van der Waals surface area contributed by atoms with Gasteiger partial charge in [0.15, 0.2) is 0 Å². The van der Waals surface area contributed by atoms with Crippen molar-refractivity contribution in [1.82, 2.24) is 0 Å². The number of phosphoric ester groups is 1. The van der Waals surface area contributed by atoms with Crippen LogP contribution in [0.25, 0.3) is 0 Å². The van der Waals surface area contributed by atoms with Crippen LogP contribution < -0.4 is 0 Å². The van der Waals surface area contributed by atoms with Gasteiger partial charge in [-0.1, -0.05) is 6.58 Å². The summed E-state index contributed by atoms with van der Waals surface area (Å²) in [4.78, 5) is 39.0. The Morgan fingerprint density at radius 2 is 1.70 bits per heavy atom. The van der Waals surface area contributed by atoms with Crippen LogP contribution in [0.15, 0.2) is 12.2 Å². The largest absolute Gasteiger partial charge is 0.469 e. The lowest BCUT2D eigenvalue weighted by Crippen LogP contribution is -2.14. The maximum absolute atomic E-state index is 11.2. The van der Waals surface area contributed by atoms with Crippen molar-refractivity contribution < 1.29 is 37.9 Å². The number of rotatable bonds is 10. The predicted molar refractivity (Wildman–Crippen MR) is 68.6 cm³/mol. The molecule has 0 saturated heterocycles. The molecular weight excluding hydrogens is 291 g/mol. The number of unbranched alkanes of at least 4 members (excludes halogenated alkanes) is 1. The van der Waals surface area contributed by atoms with Crippen LogP contribution in [-0.2, 0) is 28.2 Å². The van der Waals surface area contributed by atoms with E-state index in [1.807, 2.05) is 0 Å². The lowest BCUT2D eigenvalue weighted by atomic mass is 10.2. The highest BCUT2D eigenvalue weighted by Crippen LogP contribution is 2.35. The van der Waals surface area contributed by atoms with E-state index < -0.39 is 19.8 Å². The van der Waals surface area contributed by atoms with Gasteiger partial charge in [-0.3, -0.25) is 9.32 Å². The second-order valence-electron chi connectivity index (χ2n) is 3.92. The third kappa shape index (κ3) is 11.9. The zero-order valence-electron chi connectivity index (χ0n) is 11.2. The van der Waals surface area contributed by atoms with Gasteiger partial charge in [-0.2, -0.15) is 0 Å². The van der Waals surface area contributed by atoms with Gasteiger partial charge in [0.2, 0.25) is 0 Å². The van der Waals surface area contributed by atoms with Crippen LogP contribution in [0, 0.1) is 0 Å². The van der Waals surface area contributed by atoms with E-state index in [0.717, 1.165) is 0 Å². The first kappa shape index (κ1) is 18.8. The van der Waals surface area contributed by atoms with Gasteiger partial charge < -0.3 is 19.3 Å². The minimum absolute atomic E-state index is 0.0429. The maximum Gasteiger partial charge on any atom is 0.469 e. The summed E-state index contributed by atoms with van der Waals surface area (Å²) in [5.74, 6) is -1.02. The Balaban J connectivity index is 3.49. The maximum atomic E-state index is 11.2. The van der Waals surface area contributed by atoms with E-state index in [9.17, 15) is 14.2 Å². The molecule has 0 aliphatic heterocycles. The molecule has 0 amide bonds. The van der Waals surface area contributed by atoms with Gasteiger partial charge in [0.1, 0.15) is 13.2 Å². The highest BCUT2D eigenvalue weighted by Gasteiger charge is 2.13. The summed E-state index contributed by atoms with van der Waals surface area (Å²) in [7, 11) is -4.44. The first-order valence-electron chi connectivity index (χ1n) is 5.90. The van der Waals surface area contributed by atoms with Crippen molar-refractivity contribution in [3.05, 3.63) is 12.2 Å². The van der Waals surface area contributed by atoms with Crippen LogP contribution in [-0.4, -0.2) is 41.5 Å². The molecule has 0 radical (unpaired) electrons. The van der Waals surface area contributed by atoms with Crippen molar-refractivity contribution in [1.29, 1.82) is 0 Å². The summed E-state index contributed by atoms with van der Waals surface area (Å²) in [6, 6.07) is 0. The molecule has 0 aliphatic carbocycles. The van der Waals surface area contributed by atoms with Crippen molar-refractivity contribution >= 4 is 19.8 Å². The zero-order chi connectivity index (χ0) is 15.6. The van der Waals surface area contributed by atoms with Crippen LogP contribution in [0.3, 0.4) is 0 Å². The topological polar surface area (TPSA) is 119 Å². The molecule has 0 spiro atoms. The summed E-state index contributed by atoms with van der Waals surface area (Å²) >= 11 is 0. The summed E-state index contributed by atoms with van der Waals surface area (Å²) in [5.41, 5.74) is 0.265. The van der Waals surface area contributed by atoms with E-state index in [4.69, 9.17) is 19.3 Å². The van der Waals surface area contributed by atoms with Crippen LogP contribution in [0.5, 0.6) is 0 Å². The van der Waals surface area contributed by atoms with Crippen LogP contribution in [0.2, 0.25) is 0 Å². The van der Waals surface area contributed by atoms with Crippen molar-refractivity contribution in [3.63, 3.8) is 0 Å². The van der Waals surface area contributed by atoms with Gasteiger partial charge in [0.25, 0.3) is 0 Å². The summed E-state index contributed by atoms with van der Waals surface area (Å²) in [5, 5.41) is 0. The first-order chi connectivity index (χ1) is 9.22. The Kier molecular flexibility index (Phi) is 9.07. The van der Waals surface area contributed by atoms with Gasteiger partial charge in [-0.05, 0) is 19.8 Å². The smallest absolute Gasteiger partial charge is 0.462 e. The van der Waals surface area contributed by atoms with Gasteiger partial charge in [-0.25, -0.2) is 9.36 Å². The SMILES string of the molecule is C=C(C)C(=O)OCCOC(=O)CCCCOP(=O)(O)O. The molecule has 0 fully saturated rings. The zero-order valence-corrected chi connectivity index (χ0v) is 12.1. The molecule has 0 rings (SSSR count). The Hall–Kier alpha value is -1.21. The molecule has 0 bridgehead atoms. The fraction of sp³-hybridized carbons (Fsp3) is 0.636. The van der Waals surface area contributed by atoms with E-state index in [1.165, 1.54) is 6.92 Å². The molecule has 0 atom stereocenters. The van der Waals surface area contributed by atoms with Gasteiger partial charge in [0, 0.05) is 12.0 Å². The quantitative estimate of drug-likeness (QED) is 0.265. The van der Waals surface area contributed by atoms with E-state index in [1.54, 1.807) is 0 Å². The van der Waals surface area contributed by atoms with Crippen LogP contribution >= 0.6 is 7.82 Å². The molecule has 0 saturated carbocycles. The first-order valence-corrected chi connectivity index (χ1v) is 7.44. The number of esters is 2. The normalized spacial score (nSPS) is 10.9. The standard InChI is InChI=1S/C11H19O8P/c1-9(2)11(13)18-8-7-17-10(12)5-3-4-6-19-20(14,15)16/h1,3-8H2,2H3,(H2,14,15,16). The monoisotopic (exact) mass is 310 g/mol. The third-order valence-corrected chi connectivity index (χ3v) is 2.48. The molecule has 0 aliphatic rings. The third-order valence-electron chi connectivity index (χ3n) is 1.96. The number of hydrogen-bond acceptors (Lipinski definition) is 6. The average molecular weight is 310 g/mol. The Morgan fingerprint density at radius 1 is 1.10 bits per heavy atom. The molecular formula is C11H19O8P. The van der Waals surface area contributed by atoms with Crippen molar-refractivity contribution in [3.8, 4) is 0 Å². The van der Waals surface area contributed by atoms with Gasteiger partial charge in [0.05, 0.1) is 6.61 Å². The molecule has 20 heavy (non-hydrogen) atoms. The van der Waals surface area contributed by atoms with E-state index in [2.05, 4.69) is 11.1 Å². The number of ether oxygens (including phenoxy) is 2. The number of hydrogen-bond donors (Lipinski definition) is 2. The molecule has 9 heteroatoms. The highest BCUT2D eigenvalue weighted by molar-refractivity contribution is 7.46. The number of phosphoric acid groups is 1. The van der Waals surface area contributed by atoms with Gasteiger partial charge >= 0.3 is 19.8 Å². The summed E-state index contributed by atoms with van der Waals surface area (Å²) in [6.45, 7) is 4.68. The lowest BCUT2D eigenvalue weighted by Gasteiger charge is -2.06. The Morgan fingerprint density at radius 3 is 2.25 bits per heavy atom. The summed E-state index contributed by atoms with van der Waals surface area (Å²) < 4.78 is 24.0. The fourth-order valence-electron chi connectivity index (χ4n) is 1.04. The van der Waals surface area contributed by atoms with E-state index >= 15 is 0 Å². The van der Waals surface area contributed by atoms with Crippen LogP contribution in [0.4, 0.5) is 0 Å².